The maximum atomic E-state index is 13.0. The molecule has 7 heteroatoms. The fourth-order valence-electron chi connectivity index (χ4n) is 4.81. The Labute approximate surface area is 200 Å². The van der Waals surface area contributed by atoms with Crippen LogP contribution < -0.4 is 4.90 Å². The van der Waals surface area contributed by atoms with Crippen molar-refractivity contribution < 1.29 is 9.59 Å². The number of unbranched alkanes of at least 4 members (excludes halogenated alkanes) is 2. The van der Waals surface area contributed by atoms with Crippen molar-refractivity contribution in [3.05, 3.63) is 71.9 Å². The van der Waals surface area contributed by atoms with Crippen LogP contribution in [0.25, 0.3) is 10.8 Å². The molecule has 0 unspecified atom stereocenters. The summed E-state index contributed by atoms with van der Waals surface area (Å²) in [7, 11) is 0. The molecule has 1 saturated heterocycles. The molecule has 2 aliphatic rings. The van der Waals surface area contributed by atoms with Crippen LogP contribution in [-0.4, -0.2) is 65.9 Å². The van der Waals surface area contributed by atoms with Gasteiger partial charge in [0.15, 0.2) is 0 Å². The third-order valence-electron chi connectivity index (χ3n) is 6.56. The van der Waals surface area contributed by atoms with E-state index in [9.17, 15) is 9.59 Å². The molecule has 0 aliphatic carbocycles. The number of aromatic nitrogens is 1. The van der Waals surface area contributed by atoms with Gasteiger partial charge in [-0.2, -0.15) is 0 Å². The first-order chi connectivity index (χ1) is 15.7. The molecule has 2 aliphatic heterocycles. The van der Waals surface area contributed by atoms with Crippen LogP contribution in [0.2, 0.25) is 0 Å². The van der Waals surface area contributed by atoms with Gasteiger partial charge in [0.05, 0.1) is 0 Å². The van der Waals surface area contributed by atoms with Crippen LogP contribution in [0.3, 0.4) is 0 Å². The van der Waals surface area contributed by atoms with Crippen LogP contribution in [-0.2, 0) is 0 Å². The molecule has 0 atom stereocenters. The zero-order valence-electron chi connectivity index (χ0n) is 18.7. The Balaban J connectivity index is 0.00000259. The third kappa shape index (κ3) is 4.72. The zero-order chi connectivity index (χ0) is 21.9. The number of rotatable bonds is 7. The topological polar surface area (TPSA) is 56.8 Å². The average molecular weight is 465 g/mol. The molecule has 0 radical (unpaired) electrons. The standard InChI is InChI=1S/C26H28N4O2.ClH/c31-25-21-10-6-8-20-9-7-11-22(24(20)21)26(32)30(25)15-5-1-4-14-28-16-18-29(19-17-28)23-12-2-3-13-27-23;/h2-3,6-13H,1,4-5,14-19H2;1H. The van der Waals surface area contributed by atoms with Crippen molar-refractivity contribution in [2.24, 2.45) is 0 Å². The van der Waals surface area contributed by atoms with Gasteiger partial charge in [-0.25, -0.2) is 4.98 Å². The molecule has 33 heavy (non-hydrogen) atoms. The highest BCUT2D eigenvalue weighted by molar-refractivity contribution is 6.25. The van der Waals surface area contributed by atoms with E-state index in [4.69, 9.17) is 0 Å². The summed E-state index contributed by atoms with van der Waals surface area (Å²) in [6.45, 7) is 5.62. The van der Waals surface area contributed by atoms with Crippen molar-refractivity contribution in [1.29, 1.82) is 0 Å². The molecule has 0 saturated carbocycles. The van der Waals surface area contributed by atoms with Gasteiger partial charge in [-0.05, 0) is 49.0 Å². The lowest BCUT2D eigenvalue weighted by Gasteiger charge is -2.35. The quantitative estimate of drug-likeness (QED) is 0.386. The van der Waals surface area contributed by atoms with Crippen molar-refractivity contribution in [1.82, 2.24) is 14.8 Å². The lowest BCUT2D eigenvalue weighted by Crippen LogP contribution is -2.46. The number of piperazine rings is 1. The molecule has 5 rings (SSSR count). The molecular weight excluding hydrogens is 436 g/mol. The van der Waals surface area contributed by atoms with Crippen LogP contribution >= 0.6 is 12.4 Å². The third-order valence-corrected chi connectivity index (χ3v) is 6.56. The maximum Gasteiger partial charge on any atom is 0.261 e. The van der Waals surface area contributed by atoms with Crippen molar-refractivity contribution in [2.45, 2.75) is 19.3 Å². The van der Waals surface area contributed by atoms with Crippen LogP contribution in [0, 0.1) is 0 Å². The van der Waals surface area contributed by atoms with Gasteiger partial charge in [0.1, 0.15) is 5.82 Å². The van der Waals surface area contributed by atoms with Crippen molar-refractivity contribution in [3.8, 4) is 0 Å². The largest absolute Gasteiger partial charge is 0.354 e. The molecule has 0 N–H and O–H groups in total. The Bertz CT molecular complexity index is 1080. The summed E-state index contributed by atoms with van der Waals surface area (Å²) in [6.07, 6.45) is 4.76. The van der Waals surface area contributed by atoms with E-state index in [1.54, 1.807) is 0 Å². The Morgan fingerprint density at radius 2 is 1.39 bits per heavy atom. The number of pyridine rings is 1. The highest BCUT2D eigenvalue weighted by Crippen LogP contribution is 2.30. The second-order valence-electron chi connectivity index (χ2n) is 8.55. The van der Waals surface area contributed by atoms with E-state index in [2.05, 4.69) is 20.9 Å². The smallest absolute Gasteiger partial charge is 0.261 e. The van der Waals surface area contributed by atoms with E-state index in [-0.39, 0.29) is 24.2 Å². The predicted octanol–water partition coefficient (Wildman–Crippen LogP) is 4.25. The number of hydrogen-bond donors (Lipinski definition) is 0. The summed E-state index contributed by atoms with van der Waals surface area (Å²) in [4.78, 5) is 36.6. The van der Waals surface area contributed by atoms with Crippen molar-refractivity contribution in [2.75, 3.05) is 44.2 Å². The van der Waals surface area contributed by atoms with Gasteiger partial charge in [0.2, 0.25) is 0 Å². The van der Waals surface area contributed by atoms with Gasteiger partial charge in [-0.1, -0.05) is 36.8 Å². The summed E-state index contributed by atoms with van der Waals surface area (Å²) < 4.78 is 0. The van der Waals surface area contributed by atoms with Crippen LogP contribution in [0.1, 0.15) is 40.0 Å². The number of benzene rings is 2. The summed E-state index contributed by atoms with van der Waals surface area (Å²) in [6, 6.07) is 17.4. The molecule has 3 heterocycles. The van der Waals surface area contributed by atoms with Crippen molar-refractivity contribution in [3.63, 3.8) is 0 Å². The molecule has 1 aromatic heterocycles. The minimum absolute atomic E-state index is 0. The average Bonchev–Trinajstić information content (AvgIpc) is 2.85. The van der Waals surface area contributed by atoms with Gasteiger partial charge in [0.25, 0.3) is 11.8 Å². The summed E-state index contributed by atoms with van der Waals surface area (Å²) in [5, 5.41) is 1.75. The molecule has 2 aromatic carbocycles. The van der Waals surface area contributed by atoms with E-state index >= 15 is 0 Å². The zero-order valence-corrected chi connectivity index (χ0v) is 19.5. The number of carbonyl (C=O) groups is 2. The first kappa shape index (κ1) is 23.2. The number of carbonyl (C=O) groups excluding carboxylic acids is 2. The molecule has 3 aromatic rings. The van der Waals surface area contributed by atoms with Gasteiger partial charge in [-0.3, -0.25) is 19.4 Å². The summed E-state index contributed by atoms with van der Waals surface area (Å²) in [5.74, 6) is 0.732. The number of amides is 2. The highest BCUT2D eigenvalue weighted by atomic mass is 35.5. The minimum Gasteiger partial charge on any atom is -0.354 e. The number of anilines is 1. The van der Waals surface area contributed by atoms with E-state index in [1.807, 2.05) is 54.7 Å². The Kier molecular flexibility index (Phi) is 7.26. The summed E-state index contributed by atoms with van der Waals surface area (Å²) in [5.41, 5.74) is 1.28. The van der Waals surface area contributed by atoms with Crippen LogP contribution in [0.5, 0.6) is 0 Å². The molecule has 2 amide bonds. The van der Waals surface area contributed by atoms with Gasteiger partial charge in [-0.15, -0.1) is 12.4 Å². The Morgan fingerprint density at radius 3 is 2.03 bits per heavy atom. The molecule has 1 fully saturated rings. The minimum atomic E-state index is -0.162. The Hall–Kier alpha value is -2.96. The highest BCUT2D eigenvalue weighted by Gasteiger charge is 2.32. The second-order valence-corrected chi connectivity index (χ2v) is 8.55. The SMILES string of the molecule is Cl.O=C1c2cccc3cccc(c23)C(=O)N1CCCCCN1CCN(c2ccccn2)CC1. The Morgan fingerprint density at radius 1 is 0.727 bits per heavy atom. The van der Waals surface area contributed by atoms with E-state index in [0.29, 0.717) is 17.7 Å². The monoisotopic (exact) mass is 464 g/mol. The maximum absolute atomic E-state index is 13.0. The van der Waals surface area contributed by atoms with Gasteiger partial charge >= 0.3 is 0 Å². The van der Waals surface area contributed by atoms with Crippen molar-refractivity contribution >= 4 is 40.8 Å². The molecular formula is C26H29ClN4O2. The first-order valence-electron chi connectivity index (χ1n) is 11.5. The number of imide groups is 1. The van der Waals surface area contributed by atoms with E-state index in [1.165, 1.54) is 4.90 Å². The molecule has 0 bridgehead atoms. The lowest BCUT2D eigenvalue weighted by molar-refractivity contribution is 0.0607. The lowest BCUT2D eigenvalue weighted by atomic mass is 9.94. The fourth-order valence-corrected chi connectivity index (χ4v) is 4.81. The number of hydrogen-bond acceptors (Lipinski definition) is 5. The molecule has 0 spiro atoms. The first-order valence-corrected chi connectivity index (χ1v) is 11.5. The number of nitrogens with zero attached hydrogens (tertiary/aromatic N) is 4. The van der Waals surface area contributed by atoms with Gasteiger partial charge < -0.3 is 4.90 Å². The van der Waals surface area contributed by atoms with Crippen LogP contribution in [0.15, 0.2) is 60.8 Å². The van der Waals surface area contributed by atoms with E-state index in [0.717, 1.165) is 68.6 Å². The number of halogens is 1. The van der Waals surface area contributed by atoms with Crippen LogP contribution in [0.4, 0.5) is 5.82 Å². The molecule has 172 valence electrons. The molecule has 6 nitrogen and oxygen atoms in total. The second kappa shape index (κ2) is 10.3. The fraction of sp³-hybridized carbons (Fsp3) is 0.346. The van der Waals surface area contributed by atoms with E-state index < -0.39 is 0 Å². The summed E-state index contributed by atoms with van der Waals surface area (Å²) >= 11 is 0. The normalized spacial score (nSPS) is 16.2. The van der Waals surface area contributed by atoms with Gasteiger partial charge in [0, 0.05) is 55.4 Å². The predicted molar refractivity (Wildman–Crippen MR) is 133 cm³/mol.